The van der Waals surface area contributed by atoms with Crippen LogP contribution >= 0.6 is 0 Å². The molecule has 0 amide bonds. The molecule has 1 aromatic heterocycles. The summed E-state index contributed by atoms with van der Waals surface area (Å²) in [5.74, 6) is 7.86. The van der Waals surface area contributed by atoms with Gasteiger partial charge in [-0.15, -0.1) is 0 Å². The fourth-order valence-electron chi connectivity index (χ4n) is 2.36. The van der Waals surface area contributed by atoms with Gasteiger partial charge < -0.3 is 10.3 Å². The first-order valence-corrected chi connectivity index (χ1v) is 6.19. The first-order valence-electron chi connectivity index (χ1n) is 6.19. The van der Waals surface area contributed by atoms with E-state index in [1.165, 1.54) is 6.42 Å². The zero-order chi connectivity index (χ0) is 12.5. The van der Waals surface area contributed by atoms with Crippen molar-refractivity contribution in [3.8, 4) is 0 Å². The average molecular weight is 234 g/mol. The number of hydrazine groups is 1. The molecule has 0 spiro atoms. The molecule has 94 valence electrons. The predicted octanol–water partition coefficient (Wildman–Crippen LogP) is 2.24. The van der Waals surface area contributed by atoms with Gasteiger partial charge in [-0.1, -0.05) is 26.8 Å². The minimum atomic E-state index is 0.373. The van der Waals surface area contributed by atoms with E-state index >= 15 is 0 Å². The van der Waals surface area contributed by atoms with Gasteiger partial charge in [0.1, 0.15) is 11.6 Å². The number of nitrogen functional groups attached to an aromatic ring is 1. The van der Waals surface area contributed by atoms with E-state index in [9.17, 15) is 0 Å². The molecule has 0 bridgehead atoms. The van der Waals surface area contributed by atoms with E-state index in [0.29, 0.717) is 5.41 Å². The van der Waals surface area contributed by atoms with Gasteiger partial charge in [-0.3, -0.25) is 0 Å². The molecule has 1 unspecified atom stereocenters. The van der Waals surface area contributed by atoms with E-state index in [1.54, 1.807) is 0 Å². The number of nitrogens with one attached hydrogen (secondary N) is 1. The molecule has 0 saturated carbocycles. The van der Waals surface area contributed by atoms with Crippen LogP contribution in [0.5, 0.6) is 0 Å². The Morgan fingerprint density at radius 2 is 2.18 bits per heavy atom. The number of nitrogens with two attached hydrogens (primary N) is 1. The third kappa shape index (κ3) is 2.69. The first kappa shape index (κ1) is 12.2. The van der Waals surface area contributed by atoms with Crippen LogP contribution in [0.1, 0.15) is 27.2 Å². The number of anilines is 2. The summed E-state index contributed by atoms with van der Waals surface area (Å²) in [5.41, 5.74) is 2.97. The lowest BCUT2D eigenvalue weighted by Crippen LogP contribution is -2.26. The van der Waals surface area contributed by atoms with Gasteiger partial charge in [-0.05, 0) is 29.9 Å². The smallest absolute Gasteiger partial charge is 0.142 e. The summed E-state index contributed by atoms with van der Waals surface area (Å²) in [6, 6.07) is 5.91. The van der Waals surface area contributed by atoms with Gasteiger partial charge in [0.05, 0.1) is 0 Å². The van der Waals surface area contributed by atoms with Crippen LogP contribution in [0.3, 0.4) is 0 Å². The highest BCUT2D eigenvalue weighted by Crippen LogP contribution is 2.35. The number of aromatic nitrogens is 1. The van der Waals surface area contributed by atoms with Gasteiger partial charge in [-0.25, -0.2) is 10.8 Å². The van der Waals surface area contributed by atoms with E-state index in [1.807, 2.05) is 18.2 Å². The van der Waals surface area contributed by atoms with Crippen molar-refractivity contribution in [2.75, 3.05) is 23.4 Å². The van der Waals surface area contributed by atoms with Crippen LogP contribution < -0.4 is 16.2 Å². The summed E-state index contributed by atoms with van der Waals surface area (Å²) in [7, 11) is 0. The molecule has 1 fully saturated rings. The number of hydrogen-bond donors (Lipinski definition) is 2. The Morgan fingerprint density at radius 3 is 2.76 bits per heavy atom. The first-order chi connectivity index (χ1) is 8.00. The van der Waals surface area contributed by atoms with Crippen molar-refractivity contribution >= 4 is 11.6 Å². The average Bonchev–Trinajstić information content (AvgIpc) is 2.78. The Morgan fingerprint density at radius 1 is 1.41 bits per heavy atom. The molecule has 0 aliphatic carbocycles. The standard InChI is InChI=1S/C13H22N4/c1-13(2,3)10-7-8-17(9-10)12-6-4-5-11(15-12)16-14/h4-6,10H,7-9,14H2,1-3H3,(H,15,16). The van der Waals surface area contributed by atoms with Crippen LogP contribution in [0.4, 0.5) is 11.6 Å². The van der Waals surface area contributed by atoms with Gasteiger partial charge in [0.2, 0.25) is 0 Å². The van der Waals surface area contributed by atoms with Crippen molar-refractivity contribution in [1.29, 1.82) is 0 Å². The Hall–Kier alpha value is -1.29. The summed E-state index contributed by atoms with van der Waals surface area (Å²) in [6.45, 7) is 9.11. The van der Waals surface area contributed by atoms with Crippen molar-refractivity contribution in [2.24, 2.45) is 17.2 Å². The summed E-state index contributed by atoms with van der Waals surface area (Å²) in [4.78, 5) is 6.82. The molecule has 1 aliphatic rings. The molecule has 17 heavy (non-hydrogen) atoms. The minimum Gasteiger partial charge on any atom is -0.356 e. The second-order valence-electron chi connectivity index (χ2n) is 5.82. The zero-order valence-electron chi connectivity index (χ0n) is 10.9. The molecule has 1 saturated heterocycles. The molecule has 4 heteroatoms. The van der Waals surface area contributed by atoms with Crippen molar-refractivity contribution in [3.05, 3.63) is 18.2 Å². The van der Waals surface area contributed by atoms with E-state index in [2.05, 4.69) is 36.1 Å². The van der Waals surface area contributed by atoms with Crippen LogP contribution in [-0.4, -0.2) is 18.1 Å². The SMILES string of the molecule is CC(C)(C)C1CCN(c2cccc(NN)n2)C1. The molecule has 0 radical (unpaired) electrons. The quantitative estimate of drug-likeness (QED) is 0.608. The maximum absolute atomic E-state index is 5.38. The Kier molecular flexibility index (Phi) is 3.24. The normalized spacial score (nSPS) is 20.7. The minimum absolute atomic E-state index is 0.373. The predicted molar refractivity (Wildman–Crippen MR) is 71.8 cm³/mol. The van der Waals surface area contributed by atoms with Gasteiger partial charge in [0, 0.05) is 13.1 Å². The highest BCUT2D eigenvalue weighted by molar-refractivity contribution is 5.47. The third-order valence-corrected chi connectivity index (χ3v) is 3.62. The van der Waals surface area contributed by atoms with E-state index < -0.39 is 0 Å². The zero-order valence-corrected chi connectivity index (χ0v) is 10.9. The molecule has 2 heterocycles. The summed E-state index contributed by atoms with van der Waals surface area (Å²) in [5, 5.41) is 0. The molecule has 1 aromatic rings. The van der Waals surface area contributed by atoms with E-state index in [4.69, 9.17) is 5.84 Å². The fourth-order valence-corrected chi connectivity index (χ4v) is 2.36. The molecular weight excluding hydrogens is 212 g/mol. The molecule has 1 atom stereocenters. The summed E-state index contributed by atoms with van der Waals surface area (Å²) < 4.78 is 0. The summed E-state index contributed by atoms with van der Waals surface area (Å²) >= 11 is 0. The Bertz CT molecular complexity index is 383. The number of nitrogens with zero attached hydrogens (tertiary/aromatic N) is 2. The second-order valence-corrected chi connectivity index (χ2v) is 5.82. The van der Waals surface area contributed by atoms with Gasteiger partial charge >= 0.3 is 0 Å². The van der Waals surface area contributed by atoms with Crippen LogP contribution in [0.25, 0.3) is 0 Å². The van der Waals surface area contributed by atoms with E-state index in [0.717, 1.165) is 30.6 Å². The number of hydrogen-bond acceptors (Lipinski definition) is 4. The molecular formula is C13H22N4. The van der Waals surface area contributed by atoms with Crippen LogP contribution in [-0.2, 0) is 0 Å². The third-order valence-electron chi connectivity index (χ3n) is 3.62. The van der Waals surface area contributed by atoms with Crippen LogP contribution in [0.2, 0.25) is 0 Å². The molecule has 1 aliphatic heterocycles. The van der Waals surface area contributed by atoms with Crippen molar-refractivity contribution in [2.45, 2.75) is 27.2 Å². The lowest BCUT2D eigenvalue weighted by molar-refractivity contribution is 0.263. The lowest BCUT2D eigenvalue weighted by atomic mass is 9.80. The number of pyridine rings is 1. The Balaban J connectivity index is 2.09. The van der Waals surface area contributed by atoms with Gasteiger partial charge in [0.15, 0.2) is 0 Å². The van der Waals surface area contributed by atoms with Crippen LogP contribution in [0.15, 0.2) is 18.2 Å². The fraction of sp³-hybridized carbons (Fsp3) is 0.615. The van der Waals surface area contributed by atoms with Crippen molar-refractivity contribution < 1.29 is 0 Å². The van der Waals surface area contributed by atoms with Crippen LogP contribution in [0, 0.1) is 11.3 Å². The summed E-state index contributed by atoms with van der Waals surface area (Å²) in [6.07, 6.45) is 1.24. The molecule has 4 nitrogen and oxygen atoms in total. The molecule has 3 N–H and O–H groups in total. The highest BCUT2D eigenvalue weighted by Gasteiger charge is 2.32. The van der Waals surface area contributed by atoms with Crippen molar-refractivity contribution in [1.82, 2.24) is 4.98 Å². The molecule has 2 rings (SSSR count). The van der Waals surface area contributed by atoms with Gasteiger partial charge in [0.25, 0.3) is 0 Å². The van der Waals surface area contributed by atoms with E-state index in [-0.39, 0.29) is 0 Å². The van der Waals surface area contributed by atoms with Crippen molar-refractivity contribution in [3.63, 3.8) is 0 Å². The highest BCUT2D eigenvalue weighted by atomic mass is 15.3. The maximum Gasteiger partial charge on any atom is 0.142 e. The topological polar surface area (TPSA) is 54.2 Å². The number of rotatable bonds is 2. The van der Waals surface area contributed by atoms with Gasteiger partial charge in [-0.2, -0.15) is 0 Å². The molecule has 0 aromatic carbocycles. The maximum atomic E-state index is 5.38. The Labute approximate surface area is 103 Å². The second kappa shape index (κ2) is 4.53. The lowest BCUT2D eigenvalue weighted by Gasteiger charge is -2.27. The monoisotopic (exact) mass is 234 g/mol. The largest absolute Gasteiger partial charge is 0.356 e.